The van der Waals surface area contributed by atoms with Crippen LogP contribution in [0.2, 0.25) is 0 Å². The van der Waals surface area contributed by atoms with Gasteiger partial charge < -0.3 is 10.2 Å². The maximum Gasteiger partial charge on any atom is 0.251 e. The summed E-state index contributed by atoms with van der Waals surface area (Å²) in [6.07, 6.45) is 4.63. The number of likely N-dealkylation sites (tertiary alicyclic amines) is 1. The van der Waals surface area contributed by atoms with Crippen LogP contribution in [0.5, 0.6) is 0 Å². The SMILES string of the molecule is CCCCN1CCC(NC(=O)c2ccc(SCc3ccccc3)cc2)CC1. The molecule has 0 aromatic heterocycles. The van der Waals surface area contributed by atoms with Crippen LogP contribution in [0.15, 0.2) is 59.5 Å². The van der Waals surface area contributed by atoms with Gasteiger partial charge in [0.05, 0.1) is 0 Å². The van der Waals surface area contributed by atoms with Gasteiger partial charge in [-0.3, -0.25) is 4.79 Å². The predicted octanol–water partition coefficient (Wildman–Crippen LogP) is 4.97. The third-order valence-corrected chi connectivity index (χ3v) is 6.20. The minimum absolute atomic E-state index is 0.0571. The fourth-order valence-corrected chi connectivity index (χ4v) is 4.25. The molecule has 3 rings (SSSR count). The molecule has 1 heterocycles. The molecular weight excluding hydrogens is 352 g/mol. The van der Waals surface area contributed by atoms with Crippen molar-refractivity contribution in [2.24, 2.45) is 0 Å². The van der Waals surface area contributed by atoms with Crippen LogP contribution < -0.4 is 5.32 Å². The van der Waals surface area contributed by atoms with Gasteiger partial charge in [-0.1, -0.05) is 43.7 Å². The molecule has 1 aliphatic heterocycles. The minimum Gasteiger partial charge on any atom is -0.349 e. The van der Waals surface area contributed by atoms with Crippen LogP contribution in [0, 0.1) is 0 Å². The van der Waals surface area contributed by atoms with Gasteiger partial charge in [0.2, 0.25) is 0 Å². The van der Waals surface area contributed by atoms with Gasteiger partial charge >= 0.3 is 0 Å². The van der Waals surface area contributed by atoms with E-state index in [9.17, 15) is 4.79 Å². The van der Waals surface area contributed by atoms with E-state index in [-0.39, 0.29) is 5.91 Å². The maximum absolute atomic E-state index is 12.5. The normalized spacial score (nSPS) is 15.6. The van der Waals surface area contributed by atoms with Crippen LogP contribution in [-0.2, 0) is 5.75 Å². The predicted molar refractivity (Wildman–Crippen MR) is 114 cm³/mol. The van der Waals surface area contributed by atoms with Gasteiger partial charge in [-0.05, 0) is 55.6 Å². The Kier molecular flexibility index (Phi) is 7.79. The lowest BCUT2D eigenvalue weighted by molar-refractivity contribution is 0.0910. The molecule has 0 saturated carbocycles. The van der Waals surface area contributed by atoms with E-state index in [1.165, 1.54) is 29.8 Å². The van der Waals surface area contributed by atoms with Crippen LogP contribution >= 0.6 is 11.8 Å². The molecule has 1 fully saturated rings. The van der Waals surface area contributed by atoms with E-state index >= 15 is 0 Å². The monoisotopic (exact) mass is 382 g/mol. The van der Waals surface area contributed by atoms with Crippen molar-refractivity contribution in [2.75, 3.05) is 19.6 Å². The van der Waals surface area contributed by atoms with Crippen LogP contribution in [0.4, 0.5) is 0 Å². The molecule has 1 aliphatic rings. The average Bonchev–Trinajstić information content (AvgIpc) is 2.73. The van der Waals surface area contributed by atoms with Crippen molar-refractivity contribution in [3.63, 3.8) is 0 Å². The Labute approximate surface area is 167 Å². The molecule has 4 heteroatoms. The summed E-state index contributed by atoms with van der Waals surface area (Å²) in [6.45, 7) is 5.62. The summed E-state index contributed by atoms with van der Waals surface area (Å²) >= 11 is 1.80. The number of amides is 1. The molecule has 27 heavy (non-hydrogen) atoms. The van der Waals surface area contributed by atoms with E-state index in [1.807, 2.05) is 18.2 Å². The number of benzene rings is 2. The van der Waals surface area contributed by atoms with Crippen LogP contribution in [0.3, 0.4) is 0 Å². The second kappa shape index (κ2) is 10.5. The number of piperidine rings is 1. The molecule has 1 N–H and O–H groups in total. The second-order valence-corrected chi connectivity index (χ2v) is 8.29. The van der Waals surface area contributed by atoms with Gasteiger partial charge in [0.25, 0.3) is 5.91 Å². The zero-order chi connectivity index (χ0) is 18.9. The lowest BCUT2D eigenvalue weighted by Gasteiger charge is -2.32. The number of nitrogens with zero attached hydrogens (tertiary/aromatic N) is 1. The fourth-order valence-electron chi connectivity index (χ4n) is 3.39. The first kappa shape index (κ1) is 20.0. The highest BCUT2D eigenvalue weighted by Gasteiger charge is 2.20. The summed E-state index contributed by atoms with van der Waals surface area (Å²) in [7, 11) is 0. The van der Waals surface area contributed by atoms with Crippen LogP contribution in [0.25, 0.3) is 0 Å². The quantitative estimate of drug-likeness (QED) is 0.654. The highest BCUT2D eigenvalue weighted by Crippen LogP contribution is 2.23. The molecule has 0 unspecified atom stereocenters. The van der Waals surface area contributed by atoms with E-state index in [1.54, 1.807) is 11.8 Å². The minimum atomic E-state index is 0.0571. The Hall–Kier alpha value is -1.78. The van der Waals surface area contributed by atoms with Gasteiger partial charge in [-0.25, -0.2) is 0 Å². The lowest BCUT2D eigenvalue weighted by Crippen LogP contribution is -2.44. The molecule has 0 aliphatic carbocycles. The number of nitrogens with one attached hydrogen (secondary N) is 1. The standard InChI is InChI=1S/C23H30N2OS/c1-2-3-15-25-16-13-21(14-17-25)24-23(26)20-9-11-22(12-10-20)27-18-19-7-5-4-6-8-19/h4-12,21H,2-3,13-18H2,1H3,(H,24,26). The summed E-state index contributed by atoms with van der Waals surface area (Å²) in [5.74, 6) is 1.00. The Morgan fingerprint density at radius 1 is 1.07 bits per heavy atom. The van der Waals surface area contributed by atoms with Gasteiger partial charge in [-0.15, -0.1) is 11.8 Å². The summed E-state index contributed by atoms with van der Waals surface area (Å²) in [6, 6.07) is 18.8. The van der Waals surface area contributed by atoms with E-state index in [2.05, 4.69) is 53.5 Å². The zero-order valence-electron chi connectivity index (χ0n) is 16.2. The number of hydrogen-bond acceptors (Lipinski definition) is 3. The molecule has 0 atom stereocenters. The third-order valence-electron chi connectivity index (χ3n) is 5.12. The molecular formula is C23H30N2OS. The summed E-state index contributed by atoms with van der Waals surface area (Å²) in [5, 5.41) is 3.22. The van der Waals surface area contributed by atoms with Gasteiger partial charge in [0.15, 0.2) is 0 Å². The maximum atomic E-state index is 12.5. The molecule has 1 amide bonds. The number of carbonyl (C=O) groups is 1. The van der Waals surface area contributed by atoms with Crippen molar-refractivity contribution in [3.05, 3.63) is 65.7 Å². The Morgan fingerprint density at radius 3 is 2.44 bits per heavy atom. The number of unbranched alkanes of at least 4 members (excludes halogenated alkanes) is 1. The summed E-state index contributed by atoms with van der Waals surface area (Å²) in [4.78, 5) is 16.2. The number of thioether (sulfide) groups is 1. The zero-order valence-corrected chi connectivity index (χ0v) is 17.0. The highest BCUT2D eigenvalue weighted by molar-refractivity contribution is 7.98. The fraction of sp³-hybridized carbons (Fsp3) is 0.435. The van der Waals surface area contributed by atoms with Crippen molar-refractivity contribution in [1.82, 2.24) is 10.2 Å². The molecule has 1 saturated heterocycles. The molecule has 144 valence electrons. The summed E-state index contributed by atoms with van der Waals surface area (Å²) < 4.78 is 0. The highest BCUT2D eigenvalue weighted by atomic mass is 32.2. The average molecular weight is 383 g/mol. The van der Waals surface area contributed by atoms with E-state index < -0.39 is 0 Å². The van der Waals surface area contributed by atoms with Crippen molar-refractivity contribution in [1.29, 1.82) is 0 Å². The van der Waals surface area contributed by atoms with E-state index in [0.717, 1.165) is 37.2 Å². The molecule has 0 spiro atoms. The molecule has 2 aromatic carbocycles. The van der Waals surface area contributed by atoms with Crippen LogP contribution in [0.1, 0.15) is 48.5 Å². The van der Waals surface area contributed by atoms with Crippen molar-refractivity contribution in [2.45, 2.75) is 49.3 Å². The summed E-state index contributed by atoms with van der Waals surface area (Å²) in [5.41, 5.74) is 2.07. The molecule has 0 bridgehead atoms. The number of rotatable bonds is 8. The Bertz CT molecular complexity index is 694. The molecule has 2 aromatic rings. The Morgan fingerprint density at radius 2 is 1.78 bits per heavy atom. The topological polar surface area (TPSA) is 32.3 Å². The Balaban J connectivity index is 1.44. The van der Waals surface area contributed by atoms with E-state index in [0.29, 0.717) is 6.04 Å². The van der Waals surface area contributed by atoms with Crippen molar-refractivity contribution < 1.29 is 4.79 Å². The first-order chi connectivity index (χ1) is 13.2. The van der Waals surface area contributed by atoms with Gasteiger partial charge in [0, 0.05) is 35.3 Å². The van der Waals surface area contributed by atoms with Crippen molar-refractivity contribution >= 4 is 17.7 Å². The van der Waals surface area contributed by atoms with Gasteiger partial charge in [-0.2, -0.15) is 0 Å². The second-order valence-electron chi connectivity index (χ2n) is 7.24. The molecule has 0 radical (unpaired) electrons. The number of carbonyl (C=O) groups excluding carboxylic acids is 1. The van der Waals surface area contributed by atoms with E-state index in [4.69, 9.17) is 0 Å². The smallest absolute Gasteiger partial charge is 0.251 e. The lowest BCUT2D eigenvalue weighted by atomic mass is 10.0. The van der Waals surface area contributed by atoms with Crippen molar-refractivity contribution in [3.8, 4) is 0 Å². The molecule has 3 nitrogen and oxygen atoms in total. The third kappa shape index (κ3) is 6.40. The largest absolute Gasteiger partial charge is 0.349 e. The first-order valence-electron chi connectivity index (χ1n) is 10.0. The number of hydrogen-bond donors (Lipinski definition) is 1. The first-order valence-corrected chi connectivity index (χ1v) is 11.0. The van der Waals surface area contributed by atoms with Crippen LogP contribution in [-0.4, -0.2) is 36.5 Å². The van der Waals surface area contributed by atoms with Gasteiger partial charge in [0.1, 0.15) is 0 Å².